The number of methoxy groups -OCH3 is 1. The maximum atomic E-state index is 13.5. The first-order chi connectivity index (χ1) is 15.6. The van der Waals surface area contributed by atoms with Crippen molar-refractivity contribution in [2.24, 2.45) is 0 Å². The molecule has 0 aliphatic heterocycles. The van der Waals surface area contributed by atoms with Crippen LogP contribution in [0.5, 0.6) is 5.75 Å². The monoisotopic (exact) mass is 492 g/mol. The zero-order valence-corrected chi connectivity index (χ0v) is 19.3. The van der Waals surface area contributed by atoms with Crippen molar-refractivity contribution < 1.29 is 17.9 Å². The molecule has 3 N–H and O–H groups in total. The lowest BCUT2D eigenvalue weighted by molar-refractivity contribution is -0.119. The molecule has 0 fully saturated rings. The zero-order chi connectivity index (χ0) is 24.2. The van der Waals surface area contributed by atoms with Crippen molar-refractivity contribution in [3.05, 3.63) is 85.6 Å². The molecule has 3 aromatic rings. The quantitative estimate of drug-likeness (QED) is 0.435. The molecule has 0 atom stereocenters. The number of carbonyl (C=O) groups is 1. The molecule has 0 spiro atoms. The second kappa shape index (κ2) is 9.92. The lowest BCUT2D eigenvalue weighted by atomic mass is 10.2. The fraction of sp³-hybridized carbons (Fsp3) is 0.190. The SMILES string of the molecule is COc1ccc(N(CC(=O)NCc2ccccc2Cl)S(=O)(=O)c2c(C)[nH]c(=O)[nH]c2=O)cc1. The van der Waals surface area contributed by atoms with Gasteiger partial charge in [-0.3, -0.25) is 18.9 Å². The van der Waals surface area contributed by atoms with E-state index in [0.29, 0.717) is 16.3 Å². The highest BCUT2D eigenvalue weighted by Crippen LogP contribution is 2.25. The number of sulfonamides is 1. The number of nitrogens with one attached hydrogen (secondary N) is 3. The van der Waals surface area contributed by atoms with Gasteiger partial charge in [-0.25, -0.2) is 13.2 Å². The highest BCUT2D eigenvalue weighted by atomic mass is 35.5. The molecule has 0 aliphatic carbocycles. The predicted octanol–water partition coefficient (Wildman–Crippen LogP) is 1.55. The Hall–Kier alpha value is -3.57. The number of amides is 1. The van der Waals surface area contributed by atoms with E-state index in [4.69, 9.17) is 16.3 Å². The van der Waals surface area contributed by atoms with Gasteiger partial charge in [0, 0.05) is 17.3 Å². The van der Waals surface area contributed by atoms with E-state index in [2.05, 4.69) is 10.3 Å². The average Bonchev–Trinajstić information content (AvgIpc) is 2.76. The smallest absolute Gasteiger partial charge is 0.325 e. The summed E-state index contributed by atoms with van der Waals surface area (Å²) in [4.78, 5) is 40.1. The minimum atomic E-state index is -4.55. The number of nitrogens with zero attached hydrogens (tertiary/aromatic N) is 1. The Morgan fingerprint density at radius 3 is 2.36 bits per heavy atom. The predicted molar refractivity (Wildman–Crippen MR) is 123 cm³/mol. The van der Waals surface area contributed by atoms with Crippen LogP contribution in [0.1, 0.15) is 11.3 Å². The molecule has 174 valence electrons. The Balaban J connectivity index is 1.97. The number of H-pyrrole nitrogens is 2. The molecule has 1 heterocycles. The van der Waals surface area contributed by atoms with Crippen LogP contribution in [-0.4, -0.2) is 37.9 Å². The van der Waals surface area contributed by atoms with Gasteiger partial charge in [0.2, 0.25) is 5.91 Å². The van der Waals surface area contributed by atoms with Gasteiger partial charge in [-0.2, -0.15) is 0 Å². The number of anilines is 1. The summed E-state index contributed by atoms with van der Waals surface area (Å²) in [5.41, 5.74) is -1.32. The number of benzene rings is 2. The minimum Gasteiger partial charge on any atom is -0.497 e. The molecule has 3 rings (SSSR count). The normalized spacial score (nSPS) is 11.1. The Labute approximate surface area is 194 Å². The molecule has 33 heavy (non-hydrogen) atoms. The van der Waals surface area contributed by atoms with Crippen LogP contribution in [-0.2, 0) is 21.4 Å². The number of hydrogen-bond donors (Lipinski definition) is 3. The first-order valence-corrected chi connectivity index (χ1v) is 11.5. The molecule has 0 radical (unpaired) electrons. The highest BCUT2D eigenvalue weighted by Gasteiger charge is 2.32. The summed E-state index contributed by atoms with van der Waals surface area (Å²) in [6, 6.07) is 12.8. The standard InChI is InChI=1S/C21H21ClN4O6S/c1-13-19(20(28)25-21(29)24-13)33(30,31)26(15-7-9-16(32-2)10-8-15)12-18(27)23-11-14-5-3-4-6-17(14)22/h3-10H,11-12H2,1-2H3,(H,23,27)(H2,24,25,28,29). The van der Waals surface area contributed by atoms with Gasteiger partial charge >= 0.3 is 5.69 Å². The van der Waals surface area contributed by atoms with E-state index in [1.54, 1.807) is 24.3 Å². The molecule has 0 saturated carbocycles. The van der Waals surface area contributed by atoms with E-state index >= 15 is 0 Å². The third kappa shape index (κ3) is 5.44. The van der Waals surface area contributed by atoms with Gasteiger partial charge in [0.25, 0.3) is 15.6 Å². The molecular weight excluding hydrogens is 472 g/mol. The average molecular weight is 493 g/mol. The number of aromatic amines is 2. The van der Waals surface area contributed by atoms with E-state index in [1.807, 2.05) is 4.98 Å². The Morgan fingerprint density at radius 2 is 1.76 bits per heavy atom. The molecule has 12 heteroatoms. The van der Waals surface area contributed by atoms with E-state index < -0.39 is 38.6 Å². The van der Waals surface area contributed by atoms with Crippen molar-refractivity contribution in [2.75, 3.05) is 18.0 Å². The summed E-state index contributed by atoms with van der Waals surface area (Å²) in [6.45, 7) is 0.734. The fourth-order valence-corrected chi connectivity index (χ4v) is 4.93. The second-order valence-corrected chi connectivity index (χ2v) is 9.15. The summed E-state index contributed by atoms with van der Waals surface area (Å²) >= 11 is 6.10. The third-order valence-electron chi connectivity index (χ3n) is 4.70. The summed E-state index contributed by atoms with van der Waals surface area (Å²) in [5, 5.41) is 3.08. The van der Waals surface area contributed by atoms with Crippen LogP contribution in [0, 0.1) is 6.92 Å². The maximum Gasteiger partial charge on any atom is 0.325 e. The maximum absolute atomic E-state index is 13.5. The molecule has 0 bridgehead atoms. The van der Waals surface area contributed by atoms with Crippen LogP contribution in [0.4, 0.5) is 5.69 Å². The number of rotatable bonds is 8. The molecule has 1 amide bonds. The van der Waals surface area contributed by atoms with E-state index in [1.165, 1.54) is 38.3 Å². The first kappa shape index (κ1) is 24.1. The number of aryl methyl sites for hydroxylation is 1. The van der Waals surface area contributed by atoms with Crippen LogP contribution < -0.4 is 25.6 Å². The Kier molecular flexibility index (Phi) is 7.24. The van der Waals surface area contributed by atoms with Crippen LogP contribution in [0.2, 0.25) is 5.02 Å². The zero-order valence-electron chi connectivity index (χ0n) is 17.7. The number of carbonyl (C=O) groups excluding carboxylic acids is 1. The van der Waals surface area contributed by atoms with Crippen LogP contribution in [0.3, 0.4) is 0 Å². The summed E-state index contributed by atoms with van der Waals surface area (Å²) < 4.78 is 32.8. The number of hydrogen-bond acceptors (Lipinski definition) is 6. The van der Waals surface area contributed by atoms with Crippen molar-refractivity contribution in [1.29, 1.82) is 0 Å². The molecule has 0 unspecified atom stereocenters. The van der Waals surface area contributed by atoms with Crippen LogP contribution in [0.25, 0.3) is 0 Å². The largest absolute Gasteiger partial charge is 0.497 e. The number of ether oxygens (including phenoxy) is 1. The van der Waals surface area contributed by atoms with Crippen molar-refractivity contribution in [3.63, 3.8) is 0 Å². The summed E-state index contributed by atoms with van der Waals surface area (Å²) in [7, 11) is -3.09. The van der Waals surface area contributed by atoms with Gasteiger partial charge in [0.1, 0.15) is 12.3 Å². The van der Waals surface area contributed by atoms with Gasteiger partial charge in [-0.05, 0) is 42.8 Å². The van der Waals surface area contributed by atoms with Crippen LogP contribution in [0.15, 0.2) is 63.0 Å². The lowest BCUT2D eigenvalue weighted by Crippen LogP contribution is -2.43. The van der Waals surface area contributed by atoms with Gasteiger partial charge in [-0.15, -0.1) is 0 Å². The number of aromatic nitrogens is 2. The molecule has 0 aliphatic rings. The topological polar surface area (TPSA) is 141 Å². The molecule has 2 aromatic carbocycles. The van der Waals surface area contributed by atoms with E-state index in [-0.39, 0.29) is 17.9 Å². The molecule has 0 saturated heterocycles. The summed E-state index contributed by atoms with van der Waals surface area (Å²) in [6.07, 6.45) is 0. The van der Waals surface area contributed by atoms with Crippen molar-refractivity contribution in [1.82, 2.24) is 15.3 Å². The molecular formula is C21H21ClN4O6S. The van der Waals surface area contributed by atoms with Crippen molar-refractivity contribution in [2.45, 2.75) is 18.4 Å². The van der Waals surface area contributed by atoms with Gasteiger partial charge in [-0.1, -0.05) is 29.8 Å². The van der Waals surface area contributed by atoms with Crippen LogP contribution >= 0.6 is 11.6 Å². The van der Waals surface area contributed by atoms with Gasteiger partial charge in [0.15, 0.2) is 4.90 Å². The molecule has 10 nitrogen and oxygen atoms in total. The minimum absolute atomic E-state index is 0.0767. The van der Waals surface area contributed by atoms with Gasteiger partial charge in [0.05, 0.1) is 12.8 Å². The summed E-state index contributed by atoms with van der Waals surface area (Å²) in [5.74, 6) is -0.162. The van der Waals surface area contributed by atoms with Crippen molar-refractivity contribution >= 4 is 33.2 Å². The second-order valence-electron chi connectivity index (χ2n) is 6.94. The van der Waals surface area contributed by atoms with Gasteiger partial charge < -0.3 is 15.0 Å². The third-order valence-corrected chi connectivity index (χ3v) is 7.00. The van der Waals surface area contributed by atoms with E-state index in [9.17, 15) is 22.8 Å². The van der Waals surface area contributed by atoms with E-state index in [0.717, 1.165) is 4.31 Å². The number of halogens is 1. The Morgan fingerprint density at radius 1 is 1.09 bits per heavy atom. The highest BCUT2D eigenvalue weighted by molar-refractivity contribution is 7.92. The lowest BCUT2D eigenvalue weighted by Gasteiger charge is -2.24. The first-order valence-electron chi connectivity index (χ1n) is 9.63. The fourth-order valence-electron chi connectivity index (χ4n) is 3.09. The molecule has 1 aromatic heterocycles. The van der Waals surface area contributed by atoms with Crippen molar-refractivity contribution in [3.8, 4) is 5.75 Å². The Bertz CT molecular complexity index is 1380.